The van der Waals surface area contributed by atoms with Gasteiger partial charge in [-0.2, -0.15) is 5.10 Å². The van der Waals surface area contributed by atoms with Gasteiger partial charge in [-0.15, -0.1) is 0 Å². The van der Waals surface area contributed by atoms with Crippen molar-refractivity contribution in [3.63, 3.8) is 0 Å². The van der Waals surface area contributed by atoms with Crippen LogP contribution in [0.4, 0.5) is 4.39 Å². The Balaban J connectivity index is 1.67. The van der Waals surface area contributed by atoms with E-state index in [1.807, 2.05) is 24.3 Å². The fraction of sp³-hybridized carbons (Fsp3) is 0.0588. The number of hydrogen-bond donors (Lipinski definition) is 2. The standard InChI is InChI=1S/C17H13ClFN3O/c18-14-5-3-6-15(19)13(14)10-21-22-17(23)8-11-9-20-16-7-2-1-4-12(11)16/h1-7,9-10,20H,8H2,(H,22,23)/b21-10-. The maximum Gasteiger partial charge on any atom is 0.244 e. The molecule has 0 saturated heterocycles. The van der Waals surface area contributed by atoms with E-state index in [1.54, 1.807) is 12.3 Å². The number of hydrazone groups is 1. The molecule has 0 spiro atoms. The van der Waals surface area contributed by atoms with Gasteiger partial charge in [-0.25, -0.2) is 9.82 Å². The molecule has 3 aromatic rings. The molecule has 1 aromatic heterocycles. The van der Waals surface area contributed by atoms with Crippen molar-refractivity contribution in [1.29, 1.82) is 0 Å². The van der Waals surface area contributed by atoms with Crippen LogP contribution in [0.2, 0.25) is 5.02 Å². The molecule has 0 aliphatic heterocycles. The SMILES string of the molecule is O=C(Cc1c[nH]c2ccccc12)N/N=C\c1c(F)cccc1Cl. The third kappa shape index (κ3) is 3.40. The summed E-state index contributed by atoms with van der Waals surface area (Å²) in [6.45, 7) is 0. The zero-order valence-electron chi connectivity index (χ0n) is 12.0. The molecule has 0 aliphatic carbocycles. The Morgan fingerprint density at radius 1 is 1.26 bits per heavy atom. The minimum Gasteiger partial charge on any atom is -0.361 e. The van der Waals surface area contributed by atoms with E-state index in [1.165, 1.54) is 18.3 Å². The van der Waals surface area contributed by atoms with E-state index in [-0.39, 0.29) is 22.9 Å². The van der Waals surface area contributed by atoms with E-state index in [2.05, 4.69) is 15.5 Å². The van der Waals surface area contributed by atoms with Crippen LogP contribution in [0.3, 0.4) is 0 Å². The number of nitrogens with one attached hydrogen (secondary N) is 2. The second-order valence-corrected chi connectivity index (χ2v) is 5.37. The fourth-order valence-electron chi connectivity index (χ4n) is 2.29. The summed E-state index contributed by atoms with van der Waals surface area (Å²) in [6.07, 6.45) is 3.17. The molecule has 0 saturated carbocycles. The first-order chi connectivity index (χ1) is 11.1. The lowest BCUT2D eigenvalue weighted by Gasteiger charge is -2.01. The van der Waals surface area contributed by atoms with Crippen molar-refractivity contribution in [1.82, 2.24) is 10.4 Å². The van der Waals surface area contributed by atoms with E-state index in [0.717, 1.165) is 16.5 Å². The molecule has 2 aromatic carbocycles. The molecule has 3 rings (SSSR count). The van der Waals surface area contributed by atoms with Crippen molar-refractivity contribution in [3.05, 3.63) is 70.6 Å². The van der Waals surface area contributed by atoms with Crippen LogP contribution in [0.5, 0.6) is 0 Å². The van der Waals surface area contributed by atoms with E-state index >= 15 is 0 Å². The number of aromatic nitrogens is 1. The van der Waals surface area contributed by atoms with Crippen molar-refractivity contribution >= 4 is 34.6 Å². The number of halogens is 2. The maximum atomic E-state index is 13.6. The molecule has 116 valence electrons. The predicted octanol–water partition coefficient (Wildman–Crippen LogP) is 3.65. The Morgan fingerprint density at radius 2 is 2.09 bits per heavy atom. The molecule has 0 atom stereocenters. The summed E-state index contributed by atoms with van der Waals surface area (Å²) in [5, 5.41) is 4.99. The molecule has 0 unspecified atom stereocenters. The van der Waals surface area contributed by atoms with E-state index in [4.69, 9.17) is 11.6 Å². The average molecular weight is 330 g/mol. The van der Waals surface area contributed by atoms with E-state index in [0.29, 0.717) is 0 Å². The topological polar surface area (TPSA) is 57.2 Å². The zero-order valence-corrected chi connectivity index (χ0v) is 12.8. The summed E-state index contributed by atoms with van der Waals surface area (Å²) >= 11 is 5.88. The Bertz CT molecular complexity index is 868. The van der Waals surface area contributed by atoms with Crippen molar-refractivity contribution in [2.45, 2.75) is 6.42 Å². The lowest BCUT2D eigenvalue weighted by Crippen LogP contribution is -2.19. The van der Waals surface area contributed by atoms with Gasteiger partial charge in [-0.05, 0) is 23.8 Å². The zero-order chi connectivity index (χ0) is 16.2. The van der Waals surface area contributed by atoms with E-state index < -0.39 is 5.82 Å². The normalized spacial score (nSPS) is 11.2. The fourth-order valence-corrected chi connectivity index (χ4v) is 2.51. The van der Waals surface area contributed by atoms with Crippen LogP contribution in [0.15, 0.2) is 53.8 Å². The number of fused-ring (bicyclic) bond motifs is 1. The van der Waals surface area contributed by atoms with Crippen LogP contribution in [0, 0.1) is 5.82 Å². The number of para-hydroxylation sites is 1. The molecule has 0 radical (unpaired) electrons. The van der Waals surface area contributed by atoms with Crippen LogP contribution in [0.1, 0.15) is 11.1 Å². The Morgan fingerprint density at radius 3 is 2.91 bits per heavy atom. The first kappa shape index (κ1) is 15.2. The van der Waals surface area contributed by atoms with Gasteiger partial charge in [-0.3, -0.25) is 4.79 Å². The van der Waals surface area contributed by atoms with Crippen molar-refractivity contribution < 1.29 is 9.18 Å². The Hall–Kier alpha value is -2.66. The van der Waals surface area contributed by atoms with Gasteiger partial charge in [0.25, 0.3) is 0 Å². The lowest BCUT2D eigenvalue weighted by molar-refractivity contribution is -0.120. The second-order valence-electron chi connectivity index (χ2n) is 4.96. The summed E-state index contributed by atoms with van der Waals surface area (Å²) in [6, 6.07) is 12.1. The maximum absolute atomic E-state index is 13.6. The molecular formula is C17H13ClFN3O. The summed E-state index contributed by atoms with van der Waals surface area (Å²) in [4.78, 5) is 15.1. The number of carbonyl (C=O) groups is 1. The second kappa shape index (κ2) is 6.62. The quantitative estimate of drug-likeness (QED) is 0.557. The third-order valence-corrected chi connectivity index (χ3v) is 3.74. The number of benzene rings is 2. The number of hydrogen-bond acceptors (Lipinski definition) is 2. The minimum atomic E-state index is -0.493. The van der Waals surface area contributed by atoms with Crippen molar-refractivity contribution in [2.75, 3.05) is 0 Å². The van der Waals surface area contributed by atoms with Crippen molar-refractivity contribution in [2.24, 2.45) is 5.10 Å². The summed E-state index contributed by atoms with van der Waals surface area (Å²) in [7, 11) is 0. The Labute approximate surface area is 137 Å². The lowest BCUT2D eigenvalue weighted by atomic mass is 10.1. The van der Waals surface area contributed by atoms with Crippen LogP contribution in [0.25, 0.3) is 10.9 Å². The number of carbonyl (C=O) groups excluding carboxylic acids is 1. The molecule has 1 amide bonds. The van der Waals surface area contributed by atoms with Gasteiger partial charge in [-0.1, -0.05) is 35.9 Å². The smallest absolute Gasteiger partial charge is 0.244 e. The number of rotatable bonds is 4. The highest BCUT2D eigenvalue weighted by molar-refractivity contribution is 6.33. The largest absolute Gasteiger partial charge is 0.361 e. The molecule has 0 bridgehead atoms. The van der Waals surface area contributed by atoms with Crippen LogP contribution < -0.4 is 5.43 Å². The molecule has 4 nitrogen and oxygen atoms in total. The minimum absolute atomic E-state index is 0.140. The average Bonchev–Trinajstić information content (AvgIpc) is 2.93. The van der Waals surface area contributed by atoms with Crippen LogP contribution in [-0.4, -0.2) is 17.1 Å². The van der Waals surface area contributed by atoms with Crippen LogP contribution >= 0.6 is 11.6 Å². The highest BCUT2D eigenvalue weighted by Crippen LogP contribution is 2.18. The number of amides is 1. The number of aromatic amines is 1. The van der Waals surface area contributed by atoms with Gasteiger partial charge in [0.15, 0.2) is 0 Å². The monoisotopic (exact) mass is 329 g/mol. The predicted molar refractivity (Wildman–Crippen MR) is 89.1 cm³/mol. The van der Waals surface area contributed by atoms with Gasteiger partial charge in [0.1, 0.15) is 5.82 Å². The Kier molecular flexibility index (Phi) is 4.39. The molecule has 0 fully saturated rings. The van der Waals surface area contributed by atoms with Gasteiger partial charge in [0.05, 0.1) is 17.7 Å². The first-order valence-electron chi connectivity index (χ1n) is 6.96. The number of nitrogens with zero attached hydrogens (tertiary/aromatic N) is 1. The van der Waals surface area contributed by atoms with Gasteiger partial charge in [0, 0.05) is 22.7 Å². The molecule has 0 aliphatic rings. The van der Waals surface area contributed by atoms with Gasteiger partial charge in [0.2, 0.25) is 5.91 Å². The van der Waals surface area contributed by atoms with Gasteiger partial charge >= 0.3 is 0 Å². The highest BCUT2D eigenvalue weighted by atomic mass is 35.5. The van der Waals surface area contributed by atoms with Gasteiger partial charge < -0.3 is 4.98 Å². The number of H-pyrrole nitrogens is 1. The van der Waals surface area contributed by atoms with E-state index in [9.17, 15) is 9.18 Å². The summed E-state index contributed by atoms with van der Waals surface area (Å²) in [5.41, 5.74) is 4.36. The first-order valence-corrected chi connectivity index (χ1v) is 7.34. The molecule has 23 heavy (non-hydrogen) atoms. The van der Waals surface area contributed by atoms with Crippen molar-refractivity contribution in [3.8, 4) is 0 Å². The third-order valence-electron chi connectivity index (χ3n) is 3.41. The molecule has 1 heterocycles. The summed E-state index contributed by atoms with van der Waals surface area (Å²) < 4.78 is 13.6. The molecule has 2 N–H and O–H groups in total. The van der Waals surface area contributed by atoms with Crippen LogP contribution in [-0.2, 0) is 11.2 Å². The molecule has 6 heteroatoms. The molecular weight excluding hydrogens is 317 g/mol. The highest BCUT2D eigenvalue weighted by Gasteiger charge is 2.08. The summed E-state index contributed by atoms with van der Waals surface area (Å²) in [5.74, 6) is -0.786.